The highest BCUT2D eigenvalue weighted by molar-refractivity contribution is 7.89. The van der Waals surface area contributed by atoms with Gasteiger partial charge >= 0.3 is 0 Å². The number of nitrogens with zero attached hydrogens (tertiary/aromatic N) is 2. The molecule has 1 aliphatic rings. The summed E-state index contributed by atoms with van der Waals surface area (Å²) in [7, 11) is -3.45. The third-order valence-corrected chi connectivity index (χ3v) is 5.36. The molecule has 2 heterocycles. The maximum atomic E-state index is 12.7. The van der Waals surface area contributed by atoms with E-state index in [1.54, 1.807) is 12.3 Å². The second kappa shape index (κ2) is 6.26. The Labute approximate surface area is 120 Å². The first-order chi connectivity index (χ1) is 9.46. The van der Waals surface area contributed by atoms with Crippen molar-refractivity contribution in [2.24, 2.45) is 5.73 Å². The Morgan fingerprint density at radius 1 is 1.35 bits per heavy atom. The lowest BCUT2D eigenvalue weighted by atomic mass is 10.3. The van der Waals surface area contributed by atoms with Gasteiger partial charge in [0.05, 0.1) is 6.61 Å². The third-order valence-electron chi connectivity index (χ3n) is 3.49. The zero-order chi connectivity index (χ0) is 14.8. The minimum Gasteiger partial charge on any atom is -0.380 e. The molecule has 0 aliphatic carbocycles. The molecule has 20 heavy (non-hydrogen) atoms. The smallest absolute Gasteiger partial charge is 0.244 e. The highest BCUT2D eigenvalue weighted by atomic mass is 32.2. The average molecular weight is 301 g/mol. The first-order valence-electron chi connectivity index (χ1n) is 6.95. The van der Waals surface area contributed by atoms with E-state index >= 15 is 0 Å². The molecule has 0 aromatic carbocycles. The van der Waals surface area contributed by atoms with Gasteiger partial charge in [0, 0.05) is 44.2 Å². The lowest BCUT2D eigenvalue weighted by Crippen LogP contribution is -2.33. The van der Waals surface area contributed by atoms with E-state index < -0.39 is 10.0 Å². The van der Waals surface area contributed by atoms with Crippen molar-refractivity contribution in [3.63, 3.8) is 0 Å². The number of hydrogen-bond donors (Lipinski definition) is 1. The fourth-order valence-corrected chi connectivity index (χ4v) is 3.91. The fourth-order valence-electron chi connectivity index (χ4n) is 2.39. The predicted molar refractivity (Wildman–Crippen MR) is 76.9 cm³/mol. The largest absolute Gasteiger partial charge is 0.380 e. The molecule has 0 radical (unpaired) electrons. The van der Waals surface area contributed by atoms with E-state index in [0.717, 1.165) is 12.1 Å². The summed E-state index contributed by atoms with van der Waals surface area (Å²) in [5, 5.41) is 0. The second-order valence-electron chi connectivity index (χ2n) is 5.24. The van der Waals surface area contributed by atoms with Crippen molar-refractivity contribution in [2.75, 3.05) is 26.3 Å². The molecule has 7 heteroatoms. The van der Waals surface area contributed by atoms with Crippen LogP contribution in [0.2, 0.25) is 0 Å². The molecule has 1 fully saturated rings. The van der Waals surface area contributed by atoms with Crippen LogP contribution in [0.15, 0.2) is 17.2 Å². The topological polar surface area (TPSA) is 77.6 Å². The summed E-state index contributed by atoms with van der Waals surface area (Å²) in [6.45, 7) is 6.34. The van der Waals surface area contributed by atoms with Crippen molar-refractivity contribution in [1.82, 2.24) is 8.87 Å². The Kier molecular flexibility index (Phi) is 4.85. The van der Waals surface area contributed by atoms with Gasteiger partial charge in [-0.05, 0) is 26.3 Å². The Hall–Kier alpha value is -0.890. The standard InChI is InChI=1S/C13H23N3O3S/c1-11(2)16-10-13(8-12(16)9-14)20(17,18)15-4-3-6-19-7-5-15/h8,10-11H,3-7,9,14H2,1-2H3. The van der Waals surface area contributed by atoms with Crippen molar-refractivity contribution in [2.45, 2.75) is 37.8 Å². The van der Waals surface area contributed by atoms with Crippen LogP contribution in [0.3, 0.4) is 0 Å². The molecule has 0 spiro atoms. The molecule has 0 bridgehead atoms. The molecular weight excluding hydrogens is 278 g/mol. The zero-order valence-corrected chi connectivity index (χ0v) is 12.9. The van der Waals surface area contributed by atoms with E-state index in [1.165, 1.54) is 4.31 Å². The number of ether oxygens (including phenoxy) is 1. The Bertz CT molecular complexity index is 543. The van der Waals surface area contributed by atoms with Crippen LogP contribution in [0, 0.1) is 0 Å². The van der Waals surface area contributed by atoms with Gasteiger partial charge in [-0.2, -0.15) is 4.31 Å². The zero-order valence-electron chi connectivity index (χ0n) is 12.1. The molecule has 0 atom stereocenters. The summed E-state index contributed by atoms with van der Waals surface area (Å²) < 4.78 is 34.1. The summed E-state index contributed by atoms with van der Waals surface area (Å²) in [5.74, 6) is 0. The minimum absolute atomic E-state index is 0.185. The molecule has 2 rings (SSSR count). The van der Waals surface area contributed by atoms with Gasteiger partial charge in [-0.25, -0.2) is 8.42 Å². The van der Waals surface area contributed by atoms with E-state index in [-0.39, 0.29) is 6.04 Å². The number of sulfonamides is 1. The molecule has 1 saturated heterocycles. The lowest BCUT2D eigenvalue weighted by molar-refractivity contribution is 0.148. The van der Waals surface area contributed by atoms with Crippen LogP contribution in [0.25, 0.3) is 0 Å². The first-order valence-corrected chi connectivity index (χ1v) is 8.39. The fraction of sp³-hybridized carbons (Fsp3) is 0.692. The van der Waals surface area contributed by atoms with E-state index in [1.807, 2.05) is 18.4 Å². The molecule has 1 aromatic heterocycles. The van der Waals surface area contributed by atoms with Crippen molar-refractivity contribution in [1.29, 1.82) is 0 Å². The summed E-state index contributed by atoms with van der Waals surface area (Å²) in [6.07, 6.45) is 2.42. The first kappa shape index (κ1) is 15.5. The predicted octanol–water partition coefficient (Wildman–Crippen LogP) is 0.939. The van der Waals surface area contributed by atoms with Gasteiger partial charge in [0.25, 0.3) is 0 Å². The number of hydrogen-bond acceptors (Lipinski definition) is 4. The van der Waals surface area contributed by atoms with Gasteiger partial charge in [-0.15, -0.1) is 0 Å². The summed E-state index contributed by atoms with van der Waals surface area (Å²) in [5.41, 5.74) is 6.54. The molecule has 0 saturated carbocycles. The van der Waals surface area contributed by atoms with E-state index in [4.69, 9.17) is 10.5 Å². The maximum absolute atomic E-state index is 12.7. The van der Waals surface area contributed by atoms with Gasteiger partial charge in [0.1, 0.15) is 4.90 Å². The molecule has 6 nitrogen and oxygen atoms in total. The van der Waals surface area contributed by atoms with Gasteiger partial charge < -0.3 is 15.0 Å². The second-order valence-corrected chi connectivity index (χ2v) is 7.18. The van der Waals surface area contributed by atoms with Crippen LogP contribution in [-0.4, -0.2) is 43.6 Å². The molecule has 114 valence electrons. The third kappa shape index (κ3) is 3.06. The van der Waals surface area contributed by atoms with Crippen molar-refractivity contribution >= 4 is 10.0 Å². The van der Waals surface area contributed by atoms with Crippen LogP contribution < -0.4 is 5.73 Å². The van der Waals surface area contributed by atoms with Crippen LogP contribution >= 0.6 is 0 Å². The summed E-state index contributed by atoms with van der Waals surface area (Å²) >= 11 is 0. The molecule has 1 aliphatic heterocycles. The number of rotatable bonds is 4. The SMILES string of the molecule is CC(C)n1cc(S(=O)(=O)N2CCCOCC2)cc1CN. The van der Waals surface area contributed by atoms with Crippen LogP contribution in [0.4, 0.5) is 0 Å². The highest BCUT2D eigenvalue weighted by Gasteiger charge is 2.27. The normalized spacial score (nSPS) is 18.4. The number of nitrogens with two attached hydrogens (primary N) is 1. The summed E-state index contributed by atoms with van der Waals surface area (Å²) in [6, 6.07) is 1.87. The van der Waals surface area contributed by atoms with Gasteiger partial charge in [0.2, 0.25) is 10.0 Å². The van der Waals surface area contributed by atoms with E-state index in [2.05, 4.69) is 0 Å². The Morgan fingerprint density at radius 2 is 2.10 bits per heavy atom. The molecule has 2 N–H and O–H groups in total. The Balaban J connectivity index is 2.33. The molecule has 0 amide bonds. The van der Waals surface area contributed by atoms with Gasteiger partial charge in [-0.1, -0.05) is 0 Å². The molecular formula is C13H23N3O3S. The lowest BCUT2D eigenvalue weighted by Gasteiger charge is -2.18. The van der Waals surface area contributed by atoms with Crippen molar-refractivity contribution in [3.8, 4) is 0 Å². The monoisotopic (exact) mass is 301 g/mol. The van der Waals surface area contributed by atoms with E-state index in [0.29, 0.717) is 37.7 Å². The Morgan fingerprint density at radius 3 is 2.70 bits per heavy atom. The van der Waals surface area contributed by atoms with Crippen molar-refractivity contribution in [3.05, 3.63) is 18.0 Å². The quantitative estimate of drug-likeness (QED) is 0.898. The molecule has 1 aromatic rings. The van der Waals surface area contributed by atoms with Crippen molar-refractivity contribution < 1.29 is 13.2 Å². The van der Waals surface area contributed by atoms with Crippen LogP contribution in [0.5, 0.6) is 0 Å². The van der Waals surface area contributed by atoms with Crippen LogP contribution in [-0.2, 0) is 21.3 Å². The maximum Gasteiger partial charge on any atom is 0.244 e. The van der Waals surface area contributed by atoms with Gasteiger partial charge in [-0.3, -0.25) is 0 Å². The van der Waals surface area contributed by atoms with Crippen LogP contribution in [0.1, 0.15) is 32.0 Å². The number of aromatic nitrogens is 1. The average Bonchev–Trinajstić information content (AvgIpc) is 2.66. The minimum atomic E-state index is -3.45. The van der Waals surface area contributed by atoms with E-state index in [9.17, 15) is 8.42 Å². The molecule has 0 unspecified atom stereocenters. The highest BCUT2D eigenvalue weighted by Crippen LogP contribution is 2.22. The summed E-state index contributed by atoms with van der Waals surface area (Å²) in [4.78, 5) is 0.327. The van der Waals surface area contributed by atoms with Gasteiger partial charge in [0.15, 0.2) is 0 Å².